The Labute approximate surface area is 240 Å². The third kappa shape index (κ3) is 2.73. The maximum absolute atomic E-state index is 14.6. The number of nitrogens with zero attached hydrogens (tertiary/aromatic N) is 1. The van der Waals surface area contributed by atoms with Gasteiger partial charge in [0, 0.05) is 8.95 Å². The van der Waals surface area contributed by atoms with Crippen molar-refractivity contribution in [1.82, 2.24) is 4.57 Å². The number of hydrogen-bond acceptors (Lipinski definition) is 2. The van der Waals surface area contributed by atoms with Gasteiger partial charge in [0.25, 0.3) is 11.1 Å². The summed E-state index contributed by atoms with van der Waals surface area (Å²) in [7, 11) is 0. The summed E-state index contributed by atoms with van der Waals surface area (Å²) in [5.41, 5.74) is 2.29. The minimum Gasteiger partial charge on any atom is -0.268 e. The molecule has 0 aliphatic heterocycles. The highest BCUT2D eigenvalue weighted by Gasteiger charge is 2.30. The Bertz CT molecular complexity index is 2240. The summed E-state index contributed by atoms with van der Waals surface area (Å²) in [6.07, 6.45) is 0. The van der Waals surface area contributed by atoms with Crippen molar-refractivity contribution in [3.05, 3.63) is 95.4 Å². The molecule has 3 nitrogen and oxygen atoms in total. The first-order valence-corrected chi connectivity index (χ1v) is 14.9. The van der Waals surface area contributed by atoms with Gasteiger partial charge in [-0.25, -0.2) is 4.57 Å². The van der Waals surface area contributed by atoms with E-state index < -0.39 is 0 Å². The van der Waals surface area contributed by atoms with Crippen LogP contribution in [0.1, 0.15) is 50.7 Å². The van der Waals surface area contributed by atoms with Gasteiger partial charge in [0.15, 0.2) is 0 Å². The molecule has 0 spiro atoms. The summed E-state index contributed by atoms with van der Waals surface area (Å²) in [4.78, 5) is 29.1. The van der Waals surface area contributed by atoms with Crippen LogP contribution in [0, 0.1) is 0 Å². The Morgan fingerprint density at radius 2 is 1.00 bits per heavy atom. The van der Waals surface area contributed by atoms with Crippen LogP contribution in [0.5, 0.6) is 0 Å². The molecule has 8 aromatic rings. The number of fused-ring (bicyclic) bond motifs is 3. The van der Waals surface area contributed by atoms with E-state index in [1.54, 1.807) is 0 Å². The van der Waals surface area contributed by atoms with E-state index in [2.05, 4.69) is 83.8 Å². The molecule has 0 atom stereocenters. The zero-order valence-electron chi connectivity index (χ0n) is 21.9. The van der Waals surface area contributed by atoms with Gasteiger partial charge < -0.3 is 0 Å². The highest BCUT2D eigenvalue weighted by atomic mass is 79.9. The smallest absolute Gasteiger partial charge is 0.266 e. The molecule has 0 bridgehead atoms. The number of benzene rings is 6. The second-order valence-corrected chi connectivity index (χ2v) is 13.1. The molecule has 1 aromatic heterocycles. The molecule has 0 saturated carbocycles. The van der Waals surface area contributed by atoms with E-state index in [-0.39, 0.29) is 23.0 Å². The first-order chi connectivity index (χ1) is 18.7. The molecular formula is C34H23Br2NO2. The fraction of sp³-hybridized carbons (Fsp3) is 0.176. The molecule has 0 fully saturated rings. The molecule has 1 heterocycles. The fourth-order valence-electron chi connectivity index (χ4n) is 7.07. The van der Waals surface area contributed by atoms with E-state index in [0.29, 0.717) is 10.8 Å². The zero-order chi connectivity index (χ0) is 27.1. The number of rotatable bonds is 3. The van der Waals surface area contributed by atoms with Crippen LogP contribution in [0.3, 0.4) is 0 Å². The average molecular weight is 637 g/mol. The fourth-order valence-corrected chi connectivity index (χ4v) is 8.19. The molecule has 0 aliphatic rings. The number of para-hydroxylation sites is 1. The second-order valence-electron chi connectivity index (χ2n) is 11.4. The monoisotopic (exact) mass is 635 g/mol. The summed E-state index contributed by atoms with van der Waals surface area (Å²) >= 11 is 7.64. The van der Waals surface area contributed by atoms with Crippen LogP contribution >= 0.6 is 31.9 Å². The van der Waals surface area contributed by atoms with Gasteiger partial charge in [0.2, 0.25) is 0 Å². The maximum atomic E-state index is 14.6. The Kier molecular flexibility index (Phi) is 4.64. The third-order valence-corrected chi connectivity index (χ3v) is 10.0. The Hall–Kier alpha value is -3.28. The Balaban J connectivity index is 1.71. The average Bonchev–Trinajstić information content (AvgIpc) is 3.39. The lowest BCUT2D eigenvalue weighted by Gasteiger charge is -2.19. The van der Waals surface area contributed by atoms with E-state index in [1.165, 1.54) is 9.95 Å². The van der Waals surface area contributed by atoms with Crippen molar-refractivity contribution >= 4 is 96.5 Å². The molecule has 0 amide bonds. The van der Waals surface area contributed by atoms with Crippen molar-refractivity contribution in [2.45, 2.75) is 39.5 Å². The van der Waals surface area contributed by atoms with E-state index in [1.807, 2.05) is 30.3 Å². The van der Waals surface area contributed by atoms with Gasteiger partial charge in [-0.2, -0.15) is 0 Å². The van der Waals surface area contributed by atoms with Crippen LogP contribution in [0.2, 0.25) is 0 Å². The van der Waals surface area contributed by atoms with Gasteiger partial charge >= 0.3 is 0 Å². The molecule has 0 saturated heterocycles. The first-order valence-electron chi connectivity index (χ1n) is 13.3. The normalized spacial score (nSPS) is 13.0. The molecule has 5 heteroatoms. The highest BCUT2D eigenvalue weighted by Crippen LogP contribution is 2.52. The van der Waals surface area contributed by atoms with Crippen molar-refractivity contribution in [3.63, 3.8) is 0 Å². The van der Waals surface area contributed by atoms with Crippen LogP contribution in [-0.4, -0.2) is 4.57 Å². The van der Waals surface area contributed by atoms with Crippen LogP contribution in [0.15, 0.2) is 73.1 Å². The molecule has 0 aliphatic carbocycles. The number of aromatic nitrogens is 1. The second kappa shape index (κ2) is 7.67. The quantitative estimate of drug-likeness (QED) is 0.181. The van der Waals surface area contributed by atoms with Crippen molar-refractivity contribution in [1.29, 1.82) is 0 Å². The third-order valence-electron chi connectivity index (χ3n) is 8.72. The van der Waals surface area contributed by atoms with E-state index in [9.17, 15) is 9.59 Å². The number of halogens is 2. The summed E-state index contributed by atoms with van der Waals surface area (Å²) in [6.45, 7) is 8.46. The topological polar surface area (TPSA) is 39.1 Å². The lowest BCUT2D eigenvalue weighted by Crippen LogP contribution is -2.26. The van der Waals surface area contributed by atoms with Gasteiger partial charge in [-0.05, 0) is 89.0 Å². The largest absolute Gasteiger partial charge is 0.268 e. The van der Waals surface area contributed by atoms with Crippen LogP contribution in [-0.2, 0) is 0 Å². The number of hydrogen-bond donors (Lipinski definition) is 0. The summed E-state index contributed by atoms with van der Waals surface area (Å²) < 4.78 is 3.33. The van der Waals surface area contributed by atoms with Gasteiger partial charge in [-0.1, -0.05) is 102 Å². The lowest BCUT2D eigenvalue weighted by atomic mass is 9.92. The summed E-state index contributed by atoms with van der Waals surface area (Å²) in [6, 6.07) is 18.9. The van der Waals surface area contributed by atoms with Gasteiger partial charge in [-0.15, -0.1) is 0 Å². The molecule has 7 aromatic carbocycles. The molecule has 0 radical (unpaired) electrons. The SMILES string of the molecule is CC(C)c1cccc(C(C)C)c1-n1c(=O)c2c3cc(Br)c4ccc5ccc6c(Br)cc(c2c1=O)c1c6c5c4c31. The molecule has 0 N–H and O–H groups in total. The Morgan fingerprint density at radius 3 is 1.44 bits per heavy atom. The summed E-state index contributed by atoms with van der Waals surface area (Å²) in [5, 5.41) is 11.8. The minimum absolute atomic E-state index is 0.155. The van der Waals surface area contributed by atoms with Crippen molar-refractivity contribution in [2.75, 3.05) is 0 Å². The predicted octanol–water partition coefficient (Wildman–Crippen LogP) is 9.64. The molecule has 39 heavy (non-hydrogen) atoms. The van der Waals surface area contributed by atoms with Crippen LogP contribution < -0.4 is 11.1 Å². The highest BCUT2D eigenvalue weighted by molar-refractivity contribution is 9.11. The van der Waals surface area contributed by atoms with Gasteiger partial charge in [0.05, 0.1) is 16.5 Å². The zero-order valence-corrected chi connectivity index (χ0v) is 25.0. The molecule has 8 rings (SSSR count). The van der Waals surface area contributed by atoms with Crippen LogP contribution in [0.4, 0.5) is 0 Å². The van der Waals surface area contributed by atoms with Gasteiger partial charge in [0.1, 0.15) is 0 Å². The first kappa shape index (κ1) is 23.6. The van der Waals surface area contributed by atoms with Crippen molar-refractivity contribution in [3.8, 4) is 5.69 Å². The lowest BCUT2D eigenvalue weighted by molar-refractivity contribution is 0.796. The Morgan fingerprint density at radius 1 is 0.564 bits per heavy atom. The molecular weight excluding hydrogens is 614 g/mol. The maximum Gasteiger partial charge on any atom is 0.266 e. The molecule has 190 valence electrons. The standard InChI is InChI=1S/C34H23Br2NO2/c1-14(2)17-6-5-7-18(15(3)4)32(17)37-33(38)30-21-12-23(35)19-10-8-16-9-11-20-24(36)13-22(31(30)34(37)39)29-27(20)25(16)26(19)28(21)29/h5-15H,1-4H3. The van der Waals surface area contributed by atoms with Gasteiger partial charge in [-0.3, -0.25) is 9.59 Å². The minimum atomic E-state index is -0.238. The van der Waals surface area contributed by atoms with Crippen molar-refractivity contribution in [2.24, 2.45) is 0 Å². The molecule has 0 unspecified atom stereocenters. The van der Waals surface area contributed by atoms with E-state index in [4.69, 9.17) is 0 Å². The van der Waals surface area contributed by atoms with Crippen LogP contribution in [0.25, 0.3) is 70.3 Å². The predicted molar refractivity (Wildman–Crippen MR) is 172 cm³/mol. The van der Waals surface area contributed by atoms with Crippen molar-refractivity contribution < 1.29 is 0 Å². The summed E-state index contributed by atoms with van der Waals surface area (Å²) in [5.74, 6) is 0.310. The van der Waals surface area contributed by atoms with E-state index >= 15 is 0 Å². The van der Waals surface area contributed by atoms with E-state index in [0.717, 1.165) is 74.2 Å².